The summed E-state index contributed by atoms with van der Waals surface area (Å²) in [5.41, 5.74) is 1.34. The van der Waals surface area contributed by atoms with Gasteiger partial charge in [-0.25, -0.2) is 4.39 Å². The smallest absolute Gasteiger partial charge is 0.262 e. The number of imide groups is 1. The van der Waals surface area contributed by atoms with E-state index in [4.69, 9.17) is 4.74 Å². The van der Waals surface area contributed by atoms with Crippen LogP contribution >= 0.6 is 0 Å². The molecule has 0 radical (unpaired) electrons. The van der Waals surface area contributed by atoms with E-state index in [1.165, 1.54) is 29.2 Å². The quantitative estimate of drug-likeness (QED) is 0.130. The molecule has 4 aromatic rings. The van der Waals surface area contributed by atoms with Crippen molar-refractivity contribution < 1.29 is 23.8 Å². The van der Waals surface area contributed by atoms with E-state index in [1.807, 2.05) is 60.7 Å². The number of hydrogen-bond acceptors (Lipinski definition) is 5. The second-order valence-corrected chi connectivity index (χ2v) is 11.1. The average molecular weight is 607 g/mol. The Bertz CT molecular complexity index is 1580. The summed E-state index contributed by atoms with van der Waals surface area (Å²) in [5.74, 6) is -0.711. The summed E-state index contributed by atoms with van der Waals surface area (Å²) in [5, 5.41) is 12.0. The van der Waals surface area contributed by atoms with Gasteiger partial charge in [-0.1, -0.05) is 98.8 Å². The summed E-state index contributed by atoms with van der Waals surface area (Å²) in [4.78, 5) is 31.5. The highest BCUT2D eigenvalue weighted by Crippen LogP contribution is 2.39. The van der Waals surface area contributed by atoms with Crippen LogP contribution in [0.1, 0.15) is 48.9 Å². The van der Waals surface area contributed by atoms with Crippen molar-refractivity contribution in [3.63, 3.8) is 0 Å². The Hall–Kier alpha value is -4.59. The first-order valence-electron chi connectivity index (χ1n) is 15.5. The molecule has 0 atom stereocenters. The Morgan fingerprint density at radius 1 is 0.733 bits per heavy atom. The molecule has 0 saturated carbocycles. The number of ether oxygens (including phenoxy) is 1. The van der Waals surface area contributed by atoms with Crippen molar-refractivity contribution in [3.05, 3.63) is 137 Å². The molecule has 1 heterocycles. The Morgan fingerprint density at radius 3 is 1.71 bits per heavy atom. The van der Waals surface area contributed by atoms with Gasteiger partial charge in [0.1, 0.15) is 17.2 Å². The van der Waals surface area contributed by atoms with Gasteiger partial charge in [-0.05, 0) is 66.0 Å². The molecule has 2 amide bonds. The number of carbonyl (C=O) groups is 2. The average Bonchev–Trinajstić information content (AvgIpc) is 3.33. The molecule has 0 saturated heterocycles. The van der Waals surface area contributed by atoms with Crippen LogP contribution in [0.2, 0.25) is 0 Å². The van der Waals surface area contributed by atoms with Crippen LogP contribution in [0.4, 0.5) is 4.39 Å². The predicted octanol–water partition coefficient (Wildman–Crippen LogP) is 6.54. The van der Waals surface area contributed by atoms with Crippen LogP contribution < -0.4 is 4.74 Å². The fraction of sp³-hybridized carbons (Fsp3) is 0.263. The molecule has 1 aliphatic heterocycles. The normalized spacial score (nSPS) is 13.7. The zero-order valence-electron chi connectivity index (χ0n) is 25.8. The number of rotatable bonds is 14. The highest BCUT2D eigenvalue weighted by atomic mass is 19.1. The lowest BCUT2D eigenvalue weighted by Crippen LogP contribution is -2.38. The molecule has 0 aliphatic carbocycles. The largest absolute Gasteiger partial charge is 0.494 e. The molecule has 5 rings (SSSR count). The molecule has 6 nitrogen and oxygen atoms in total. The highest BCUT2D eigenvalue weighted by molar-refractivity contribution is 6.49. The molecule has 1 N–H and O–H groups in total. The second-order valence-electron chi connectivity index (χ2n) is 11.1. The van der Waals surface area contributed by atoms with Crippen LogP contribution in [-0.2, 0) is 15.2 Å². The van der Waals surface area contributed by atoms with Crippen molar-refractivity contribution in [1.29, 1.82) is 0 Å². The number of benzene rings is 4. The third kappa shape index (κ3) is 7.06. The third-order valence-electron chi connectivity index (χ3n) is 8.43. The van der Waals surface area contributed by atoms with Crippen LogP contribution in [0.3, 0.4) is 0 Å². The van der Waals surface area contributed by atoms with Crippen LogP contribution in [0.5, 0.6) is 5.75 Å². The topological polar surface area (TPSA) is 70.1 Å². The highest BCUT2D eigenvalue weighted by Gasteiger charge is 2.41. The van der Waals surface area contributed by atoms with Gasteiger partial charge in [-0.2, -0.15) is 0 Å². The van der Waals surface area contributed by atoms with Gasteiger partial charge < -0.3 is 14.7 Å². The Morgan fingerprint density at radius 2 is 1.22 bits per heavy atom. The standard InChI is InChI=1S/C38H39FN2O4/c1-3-40(4-2)25-11-27-45-33-22-18-29(19-23-33)35-34(28-16-20-32(39)21-17-28)36(42)41(37(35)43)26-24-38(44,30-12-7-5-8-13-30)31-14-9-6-10-15-31/h5-10,12-23,44H,3-4,11,24-27H2,1-2H3. The minimum atomic E-state index is -1.44. The third-order valence-corrected chi connectivity index (χ3v) is 8.43. The molecule has 1 aliphatic rings. The first kappa shape index (κ1) is 31.8. The number of nitrogens with zero attached hydrogens (tertiary/aromatic N) is 2. The van der Waals surface area contributed by atoms with Gasteiger partial charge in [-0.3, -0.25) is 14.5 Å². The van der Waals surface area contributed by atoms with Crippen molar-refractivity contribution in [2.24, 2.45) is 0 Å². The molecular formula is C38H39FN2O4. The van der Waals surface area contributed by atoms with E-state index in [1.54, 1.807) is 24.3 Å². The summed E-state index contributed by atoms with van der Waals surface area (Å²) in [7, 11) is 0. The van der Waals surface area contributed by atoms with Crippen LogP contribution in [-0.4, -0.2) is 59.5 Å². The number of hydrogen-bond donors (Lipinski definition) is 1. The SMILES string of the molecule is CCN(CC)CCCOc1ccc(C2=C(c3ccc(F)cc3)C(=O)N(CCC(O)(c3ccccc3)c3ccccc3)C2=O)cc1. The number of halogens is 1. The minimum absolute atomic E-state index is 0.0279. The zero-order chi connectivity index (χ0) is 31.8. The maximum atomic E-state index is 14.0. The van der Waals surface area contributed by atoms with Crippen molar-refractivity contribution >= 4 is 23.0 Å². The minimum Gasteiger partial charge on any atom is -0.494 e. The molecule has 7 heteroatoms. The van der Waals surface area contributed by atoms with E-state index < -0.39 is 23.2 Å². The van der Waals surface area contributed by atoms with E-state index in [-0.39, 0.29) is 24.1 Å². The maximum absolute atomic E-state index is 14.0. The van der Waals surface area contributed by atoms with Gasteiger partial charge in [0.2, 0.25) is 0 Å². The summed E-state index contributed by atoms with van der Waals surface area (Å²) in [6.45, 7) is 7.77. The molecule has 4 aromatic carbocycles. The van der Waals surface area contributed by atoms with Crippen LogP contribution in [0, 0.1) is 5.82 Å². The molecular weight excluding hydrogens is 567 g/mol. The molecule has 0 aromatic heterocycles. The van der Waals surface area contributed by atoms with Crippen molar-refractivity contribution in [2.45, 2.75) is 32.3 Å². The maximum Gasteiger partial charge on any atom is 0.262 e. The molecule has 232 valence electrons. The van der Waals surface area contributed by atoms with Gasteiger partial charge in [0.15, 0.2) is 0 Å². The van der Waals surface area contributed by atoms with Gasteiger partial charge in [0.25, 0.3) is 11.8 Å². The van der Waals surface area contributed by atoms with E-state index in [2.05, 4.69) is 18.7 Å². The predicted molar refractivity (Wildman–Crippen MR) is 175 cm³/mol. The lowest BCUT2D eigenvalue weighted by Gasteiger charge is -2.31. The fourth-order valence-electron chi connectivity index (χ4n) is 5.82. The summed E-state index contributed by atoms with van der Waals surface area (Å²) in [6, 6.07) is 31.2. The lowest BCUT2D eigenvalue weighted by atomic mass is 9.83. The summed E-state index contributed by atoms with van der Waals surface area (Å²) in [6.07, 6.45) is 0.978. The van der Waals surface area contributed by atoms with Gasteiger partial charge in [-0.15, -0.1) is 0 Å². The first-order valence-corrected chi connectivity index (χ1v) is 15.5. The van der Waals surface area contributed by atoms with E-state index in [0.717, 1.165) is 26.1 Å². The van der Waals surface area contributed by atoms with E-state index in [9.17, 15) is 19.1 Å². The summed E-state index contributed by atoms with van der Waals surface area (Å²) < 4.78 is 19.8. The molecule has 0 bridgehead atoms. The molecule has 0 fully saturated rings. The van der Waals surface area contributed by atoms with Gasteiger partial charge in [0.05, 0.1) is 17.8 Å². The Balaban J connectivity index is 1.41. The number of carbonyl (C=O) groups excluding carboxylic acids is 2. The first-order chi connectivity index (χ1) is 21.9. The number of aliphatic hydroxyl groups is 1. The van der Waals surface area contributed by atoms with Gasteiger partial charge in [0, 0.05) is 19.5 Å². The second kappa shape index (κ2) is 14.5. The number of amides is 2. The fourth-order valence-corrected chi connectivity index (χ4v) is 5.82. The van der Waals surface area contributed by atoms with Crippen molar-refractivity contribution in [3.8, 4) is 5.75 Å². The lowest BCUT2D eigenvalue weighted by molar-refractivity contribution is -0.136. The van der Waals surface area contributed by atoms with E-state index in [0.29, 0.717) is 34.6 Å². The Labute approximate surface area is 264 Å². The van der Waals surface area contributed by atoms with Crippen LogP contribution in [0.25, 0.3) is 11.1 Å². The molecule has 0 spiro atoms. The van der Waals surface area contributed by atoms with Crippen molar-refractivity contribution in [2.75, 3.05) is 32.8 Å². The molecule has 0 unspecified atom stereocenters. The monoisotopic (exact) mass is 606 g/mol. The molecule has 45 heavy (non-hydrogen) atoms. The summed E-state index contributed by atoms with van der Waals surface area (Å²) >= 11 is 0. The Kier molecular flexibility index (Phi) is 10.2. The van der Waals surface area contributed by atoms with Crippen LogP contribution in [0.15, 0.2) is 109 Å². The van der Waals surface area contributed by atoms with Gasteiger partial charge >= 0.3 is 0 Å². The van der Waals surface area contributed by atoms with E-state index >= 15 is 0 Å². The zero-order valence-corrected chi connectivity index (χ0v) is 25.8. The van der Waals surface area contributed by atoms with Crippen molar-refractivity contribution in [1.82, 2.24) is 9.80 Å².